The highest BCUT2D eigenvalue weighted by Gasteiger charge is 2.12. The Balaban J connectivity index is 2.85. The van der Waals surface area contributed by atoms with Crippen molar-refractivity contribution < 1.29 is 9.53 Å². The lowest BCUT2D eigenvalue weighted by Gasteiger charge is -2.06. The highest BCUT2D eigenvalue weighted by molar-refractivity contribution is 14.2. The number of hydrogen-bond acceptors (Lipinski definition) is 2. The van der Waals surface area contributed by atoms with Crippen LogP contribution in [0.3, 0.4) is 0 Å². The molecule has 0 saturated carbocycles. The zero-order valence-electron chi connectivity index (χ0n) is 7.76. The van der Waals surface area contributed by atoms with Crippen LogP contribution in [0.1, 0.15) is 5.56 Å². The molecule has 1 rings (SSSR count). The van der Waals surface area contributed by atoms with Crippen LogP contribution in [-0.4, -0.2) is 5.97 Å². The summed E-state index contributed by atoms with van der Waals surface area (Å²) in [6.45, 7) is 1.91. The number of carbonyl (C=O) groups is 1. The Labute approximate surface area is 129 Å². The number of ether oxygens (including phenoxy) is 1. The maximum atomic E-state index is 11.6. The van der Waals surface area contributed by atoms with Crippen molar-refractivity contribution in [2.24, 2.45) is 0 Å². The van der Waals surface area contributed by atoms with E-state index in [1.54, 1.807) is 6.07 Å². The third-order valence-corrected chi connectivity index (χ3v) is 5.76. The van der Waals surface area contributed by atoms with E-state index in [1.807, 2.05) is 47.7 Å². The second-order valence-corrected chi connectivity index (χ2v) is 8.03. The van der Waals surface area contributed by atoms with Gasteiger partial charge in [0.25, 0.3) is 0 Å². The third-order valence-electron chi connectivity index (χ3n) is 1.64. The summed E-state index contributed by atoms with van der Waals surface area (Å²) in [5.74, 6) is 0.314. The van der Waals surface area contributed by atoms with Gasteiger partial charge in [-0.2, -0.15) is 0 Å². The van der Waals surface area contributed by atoms with Crippen LogP contribution in [0.15, 0.2) is 29.4 Å². The van der Waals surface area contributed by atoms with E-state index in [0.29, 0.717) is 9.33 Å². The van der Waals surface area contributed by atoms with Gasteiger partial charge in [0.15, 0.2) is 0 Å². The van der Waals surface area contributed by atoms with Gasteiger partial charge in [-0.05, 0) is 86.3 Å². The Morgan fingerprint density at radius 3 is 2.33 bits per heavy atom. The average molecular weight is 540 g/mol. The number of halogens is 3. The minimum atomic E-state index is -0.302. The molecule has 2 nitrogen and oxygen atoms in total. The summed E-state index contributed by atoms with van der Waals surface area (Å²) < 4.78 is 6.77. The summed E-state index contributed by atoms with van der Waals surface area (Å²) in [6, 6.07) is 7.46. The molecular weight excluding hydrogens is 533 g/mol. The maximum absolute atomic E-state index is 11.6. The van der Waals surface area contributed by atoms with E-state index in [1.165, 1.54) is 0 Å². The number of carbonyl (C=O) groups excluding carboxylic acids is 1. The molecule has 0 amide bonds. The van der Waals surface area contributed by atoms with Gasteiger partial charge >= 0.3 is 5.97 Å². The smallest absolute Gasteiger partial charge is 0.351 e. The van der Waals surface area contributed by atoms with Crippen LogP contribution in [0, 0.1) is 6.92 Å². The third kappa shape index (κ3) is 4.17. The molecule has 0 aromatic heterocycles. The molecule has 0 aliphatic heterocycles. The normalized spacial score (nSPS) is 9.60. The molecule has 0 unspecified atom stereocenters. The van der Waals surface area contributed by atoms with E-state index in [0.717, 1.165) is 7.15 Å². The lowest BCUT2D eigenvalue weighted by Crippen LogP contribution is -2.08. The molecule has 0 atom stereocenters. The molecule has 15 heavy (non-hydrogen) atoms. The molecule has 0 aliphatic rings. The standard InChI is InChI=1S/C10H7I3O2/c1-6-4-2-3-5-7(6)15-10(14)8(11)9(12)13/h2-5H,1H3. The minimum Gasteiger partial charge on any atom is -0.422 e. The Bertz CT molecular complexity index is 409. The number of benzene rings is 1. The fourth-order valence-electron chi connectivity index (χ4n) is 0.893. The molecule has 0 heterocycles. The van der Waals surface area contributed by atoms with E-state index in [4.69, 9.17) is 4.74 Å². The van der Waals surface area contributed by atoms with E-state index in [2.05, 4.69) is 45.2 Å². The van der Waals surface area contributed by atoms with Crippen molar-refractivity contribution >= 4 is 73.7 Å². The van der Waals surface area contributed by atoms with E-state index >= 15 is 0 Å². The first-order chi connectivity index (χ1) is 7.02. The molecule has 5 heteroatoms. The quantitative estimate of drug-likeness (QED) is 0.241. The van der Waals surface area contributed by atoms with E-state index in [9.17, 15) is 4.79 Å². The number of aryl methyl sites for hydroxylation is 1. The molecule has 0 radical (unpaired) electrons. The fourth-order valence-corrected chi connectivity index (χ4v) is 1.44. The number of rotatable bonds is 2. The summed E-state index contributed by atoms with van der Waals surface area (Å²) in [7, 11) is 0. The Hall–Kier alpha value is 0.620. The molecule has 0 aliphatic carbocycles. The highest BCUT2D eigenvalue weighted by Crippen LogP contribution is 2.27. The predicted molar refractivity (Wildman–Crippen MR) is 85.9 cm³/mol. The van der Waals surface area contributed by atoms with Crippen molar-refractivity contribution in [3.05, 3.63) is 35.0 Å². The molecule has 0 N–H and O–H groups in total. The molecule has 0 saturated heterocycles. The Morgan fingerprint density at radius 2 is 1.80 bits per heavy atom. The molecule has 1 aromatic rings. The van der Waals surface area contributed by atoms with Crippen molar-refractivity contribution in [1.29, 1.82) is 0 Å². The summed E-state index contributed by atoms with van der Waals surface area (Å²) in [4.78, 5) is 11.6. The van der Waals surface area contributed by atoms with Gasteiger partial charge in [-0.1, -0.05) is 18.2 Å². The molecule has 1 aromatic carbocycles. The van der Waals surface area contributed by atoms with Crippen molar-refractivity contribution in [2.75, 3.05) is 0 Å². The van der Waals surface area contributed by atoms with Crippen molar-refractivity contribution in [2.45, 2.75) is 6.92 Å². The van der Waals surface area contributed by atoms with Crippen molar-refractivity contribution in [1.82, 2.24) is 0 Å². The first-order valence-corrected chi connectivity index (χ1v) is 7.24. The molecule has 0 fully saturated rings. The summed E-state index contributed by atoms with van der Waals surface area (Å²) in [6.07, 6.45) is 0. The van der Waals surface area contributed by atoms with Gasteiger partial charge in [-0.15, -0.1) is 0 Å². The van der Waals surface area contributed by atoms with Gasteiger partial charge in [0.1, 0.15) is 9.33 Å². The van der Waals surface area contributed by atoms with Crippen LogP contribution < -0.4 is 4.74 Å². The molecular formula is C10H7I3O2. The summed E-state index contributed by atoms with van der Waals surface area (Å²) in [5, 5.41) is 0. The predicted octanol–water partition coefficient (Wildman–Crippen LogP) is 4.37. The van der Waals surface area contributed by atoms with Crippen molar-refractivity contribution in [3.8, 4) is 5.75 Å². The maximum Gasteiger partial charge on any atom is 0.351 e. The average Bonchev–Trinajstić information content (AvgIpc) is 2.20. The number of esters is 1. The van der Waals surface area contributed by atoms with Gasteiger partial charge in [0.05, 0.1) is 1.59 Å². The van der Waals surface area contributed by atoms with Gasteiger partial charge in [-0.25, -0.2) is 4.79 Å². The lowest BCUT2D eigenvalue weighted by molar-refractivity contribution is -0.129. The topological polar surface area (TPSA) is 26.3 Å². The van der Waals surface area contributed by atoms with Crippen LogP contribution in [-0.2, 0) is 4.79 Å². The molecule has 0 bridgehead atoms. The van der Waals surface area contributed by atoms with Gasteiger partial charge in [0, 0.05) is 0 Å². The van der Waals surface area contributed by atoms with Gasteiger partial charge in [-0.3, -0.25) is 0 Å². The number of para-hydroxylation sites is 1. The largest absolute Gasteiger partial charge is 0.422 e. The minimum absolute atomic E-state index is 0.302. The van der Waals surface area contributed by atoms with E-state index in [-0.39, 0.29) is 5.97 Å². The van der Waals surface area contributed by atoms with Crippen LogP contribution in [0.4, 0.5) is 0 Å². The SMILES string of the molecule is Cc1ccccc1OC(=O)C(I)=C(I)I. The van der Waals surface area contributed by atoms with Crippen LogP contribution in [0.2, 0.25) is 0 Å². The summed E-state index contributed by atoms with van der Waals surface area (Å²) >= 11 is 6.17. The zero-order valence-corrected chi connectivity index (χ0v) is 14.2. The Kier molecular flexibility index (Phi) is 5.82. The van der Waals surface area contributed by atoms with E-state index < -0.39 is 0 Å². The molecule has 80 valence electrons. The second-order valence-electron chi connectivity index (χ2n) is 2.73. The van der Waals surface area contributed by atoms with Crippen LogP contribution in [0.25, 0.3) is 0 Å². The monoisotopic (exact) mass is 540 g/mol. The lowest BCUT2D eigenvalue weighted by atomic mass is 10.2. The first kappa shape index (κ1) is 13.7. The second kappa shape index (κ2) is 6.38. The first-order valence-electron chi connectivity index (χ1n) is 4.01. The van der Waals surface area contributed by atoms with Crippen LogP contribution >= 0.6 is 67.8 Å². The highest BCUT2D eigenvalue weighted by atomic mass is 127. The number of hydrogen-bond donors (Lipinski definition) is 0. The fraction of sp³-hybridized carbons (Fsp3) is 0.100. The van der Waals surface area contributed by atoms with Gasteiger partial charge < -0.3 is 4.74 Å². The zero-order chi connectivity index (χ0) is 11.4. The van der Waals surface area contributed by atoms with Crippen LogP contribution in [0.5, 0.6) is 5.75 Å². The van der Waals surface area contributed by atoms with Crippen molar-refractivity contribution in [3.63, 3.8) is 0 Å². The molecule has 0 spiro atoms. The summed E-state index contributed by atoms with van der Waals surface area (Å²) in [5.41, 5.74) is 0.957. The van der Waals surface area contributed by atoms with Gasteiger partial charge in [0.2, 0.25) is 0 Å². The Morgan fingerprint density at radius 1 is 1.20 bits per heavy atom.